The van der Waals surface area contributed by atoms with Crippen molar-refractivity contribution in [1.29, 1.82) is 0 Å². The van der Waals surface area contributed by atoms with Crippen molar-refractivity contribution in [3.63, 3.8) is 0 Å². The van der Waals surface area contributed by atoms with E-state index in [0.717, 1.165) is 16.7 Å². The van der Waals surface area contributed by atoms with Crippen LogP contribution in [0.4, 0.5) is 0 Å². The van der Waals surface area contributed by atoms with Crippen LogP contribution in [0, 0.1) is 0 Å². The average Bonchev–Trinajstić information content (AvgIpc) is 3.22. The molecule has 6 nitrogen and oxygen atoms in total. The smallest absolute Gasteiger partial charge is 0.338 e. The van der Waals surface area contributed by atoms with Crippen LogP contribution < -0.4 is 19.6 Å². The van der Waals surface area contributed by atoms with E-state index in [9.17, 15) is 9.59 Å². The van der Waals surface area contributed by atoms with Gasteiger partial charge in [0.1, 0.15) is 12.4 Å². The summed E-state index contributed by atoms with van der Waals surface area (Å²) < 4.78 is 13.5. The number of thiazole rings is 1. The van der Waals surface area contributed by atoms with Crippen molar-refractivity contribution in [2.45, 2.75) is 39.5 Å². The summed E-state index contributed by atoms with van der Waals surface area (Å²) in [7, 11) is 0. The van der Waals surface area contributed by atoms with Crippen LogP contribution in [-0.4, -0.2) is 16.6 Å². The first-order valence-electron chi connectivity index (χ1n) is 12.6. The number of allylic oxidation sites excluding steroid dienone is 1. The molecular weight excluding hydrogens is 532 g/mol. The van der Waals surface area contributed by atoms with Gasteiger partial charge in [-0.15, -0.1) is 0 Å². The van der Waals surface area contributed by atoms with E-state index in [1.807, 2.05) is 84.9 Å². The zero-order valence-electron chi connectivity index (χ0n) is 21.8. The van der Waals surface area contributed by atoms with Gasteiger partial charge in [-0.1, -0.05) is 83.6 Å². The van der Waals surface area contributed by atoms with Crippen molar-refractivity contribution in [1.82, 2.24) is 4.57 Å². The van der Waals surface area contributed by atoms with E-state index in [1.54, 1.807) is 25.3 Å². The first-order chi connectivity index (χ1) is 18.8. The number of carbonyl (C=O) groups is 1. The number of hydrogen-bond acceptors (Lipinski definition) is 6. The van der Waals surface area contributed by atoms with Gasteiger partial charge in [-0.2, -0.15) is 0 Å². The molecule has 0 saturated carbocycles. The first kappa shape index (κ1) is 26.7. The minimum atomic E-state index is -0.628. The van der Waals surface area contributed by atoms with Gasteiger partial charge >= 0.3 is 5.97 Å². The number of carbonyl (C=O) groups excluding carboxylic acids is 1. The Kier molecular flexibility index (Phi) is 7.82. The van der Waals surface area contributed by atoms with E-state index in [-0.39, 0.29) is 11.7 Å². The third-order valence-corrected chi connectivity index (χ3v) is 7.58. The molecule has 198 valence electrons. The minimum Gasteiger partial charge on any atom is -0.489 e. The highest BCUT2D eigenvalue weighted by molar-refractivity contribution is 7.07. The Labute approximate surface area is 235 Å². The molecule has 0 radical (unpaired) electrons. The average molecular weight is 559 g/mol. The second-order valence-corrected chi connectivity index (χ2v) is 10.8. The molecule has 0 saturated heterocycles. The molecule has 1 aliphatic heterocycles. The lowest BCUT2D eigenvalue weighted by Gasteiger charge is -2.25. The molecule has 1 unspecified atom stereocenters. The number of ether oxygens (including phenoxy) is 2. The Bertz CT molecular complexity index is 1720. The van der Waals surface area contributed by atoms with Crippen molar-refractivity contribution in [2.24, 2.45) is 4.99 Å². The molecule has 39 heavy (non-hydrogen) atoms. The van der Waals surface area contributed by atoms with Gasteiger partial charge in [0.25, 0.3) is 5.56 Å². The second-order valence-electron chi connectivity index (χ2n) is 9.40. The lowest BCUT2D eigenvalue weighted by atomic mass is 9.96. The number of fused-ring (bicyclic) bond motifs is 1. The Morgan fingerprint density at radius 1 is 1.05 bits per heavy atom. The van der Waals surface area contributed by atoms with E-state index in [4.69, 9.17) is 21.1 Å². The highest BCUT2D eigenvalue weighted by Crippen LogP contribution is 2.30. The van der Waals surface area contributed by atoms with Crippen LogP contribution in [-0.2, 0) is 16.1 Å². The largest absolute Gasteiger partial charge is 0.489 e. The van der Waals surface area contributed by atoms with E-state index < -0.39 is 12.0 Å². The van der Waals surface area contributed by atoms with E-state index in [1.165, 1.54) is 11.3 Å². The van der Waals surface area contributed by atoms with Gasteiger partial charge in [0.15, 0.2) is 4.80 Å². The third-order valence-electron chi connectivity index (χ3n) is 6.23. The highest BCUT2D eigenvalue weighted by Gasteiger charge is 2.33. The van der Waals surface area contributed by atoms with Crippen LogP contribution in [0.3, 0.4) is 0 Å². The summed E-state index contributed by atoms with van der Waals surface area (Å²) >= 11 is 7.51. The van der Waals surface area contributed by atoms with E-state index >= 15 is 0 Å². The zero-order chi connectivity index (χ0) is 27.5. The summed E-state index contributed by atoms with van der Waals surface area (Å²) in [5.41, 5.74) is 3.27. The molecule has 0 aliphatic carbocycles. The molecule has 0 fully saturated rings. The molecule has 0 N–H and O–H groups in total. The van der Waals surface area contributed by atoms with Crippen LogP contribution in [0.2, 0.25) is 5.02 Å². The Balaban J connectivity index is 1.49. The van der Waals surface area contributed by atoms with Crippen molar-refractivity contribution in [3.8, 4) is 5.75 Å². The minimum absolute atomic E-state index is 0.214. The van der Waals surface area contributed by atoms with Crippen molar-refractivity contribution in [2.75, 3.05) is 0 Å². The lowest BCUT2D eigenvalue weighted by molar-refractivity contribution is -0.143. The number of nitrogens with zero attached hydrogens (tertiary/aromatic N) is 2. The predicted molar refractivity (Wildman–Crippen MR) is 154 cm³/mol. The van der Waals surface area contributed by atoms with Crippen molar-refractivity contribution < 1.29 is 14.3 Å². The van der Waals surface area contributed by atoms with E-state index in [2.05, 4.69) is 4.99 Å². The summed E-state index contributed by atoms with van der Waals surface area (Å²) in [6, 6.07) is 23.9. The van der Waals surface area contributed by atoms with Gasteiger partial charge in [-0.3, -0.25) is 9.36 Å². The number of hydrogen-bond donors (Lipinski definition) is 0. The van der Waals surface area contributed by atoms with Gasteiger partial charge in [-0.05, 0) is 56.2 Å². The third kappa shape index (κ3) is 5.75. The molecule has 5 rings (SSSR count). The maximum Gasteiger partial charge on any atom is 0.338 e. The molecule has 2 heterocycles. The van der Waals surface area contributed by atoms with Gasteiger partial charge in [-0.25, -0.2) is 9.79 Å². The van der Waals surface area contributed by atoms with Gasteiger partial charge < -0.3 is 9.47 Å². The number of benzene rings is 3. The summed E-state index contributed by atoms with van der Waals surface area (Å²) in [4.78, 5) is 32.0. The van der Waals surface area contributed by atoms with E-state index in [0.29, 0.717) is 38.0 Å². The fourth-order valence-electron chi connectivity index (χ4n) is 4.40. The van der Waals surface area contributed by atoms with Gasteiger partial charge in [0, 0.05) is 10.6 Å². The van der Waals surface area contributed by atoms with Crippen molar-refractivity contribution in [3.05, 3.63) is 132 Å². The number of esters is 1. The SMILES string of the molecule is CC1=C(C(=O)OC(C)C)C(c2ccccc2)n2c(sc(=Cc3ccc(OCc4ccccc4Cl)cc3)c2=O)=N1. The predicted octanol–water partition coefficient (Wildman–Crippen LogP) is 5.42. The molecular formula is C31H27ClN2O4S. The van der Waals surface area contributed by atoms with Crippen molar-refractivity contribution >= 4 is 35.0 Å². The quantitative estimate of drug-likeness (QED) is 0.284. The Morgan fingerprint density at radius 3 is 2.44 bits per heavy atom. The first-order valence-corrected chi connectivity index (χ1v) is 13.8. The fourth-order valence-corrected chi connectivity index (χ4v) is 5.64. The van der Waals surface area contributed by atoms with Gasteiger partial charge in [0.05, 0.1) is 27.9 Å². The van der Waals surface area contributed by atoms with Crippen LogP contribution in [0.15, 0.2) is 99.9 Å². The monoisotopic (exact) mass is 558 g/mol. The molecule has 8 heteroatoms. The highest BCUT2D eigenvalue weighted by atomic mass is 35.5. The molecule has 3 aromatic carbocycles. The number of rotatable bonds is 7. The molecule has 0 bridgehead atoms. The number of halogens is 1. The maximum atomic E-state index is 13.7. The van der Waals surface area contributed by atoms with Gasteiger partial charge in [0.2, 0.25) is 0 Å². The number of aromatic nitrogens is 1. The molecule has 0 amide bonds. The molecule has 1 atom stereocenters. The Morgan fingerprint density at radius 2 is 1.74 bits per heavy atom. The molecule has 0 spiro atoms. The summed E-state index contributed by atoms with van der Waals surface area (Å²) in [6.07, 6.45) is 1.53. The molecule has 4 aromatic rings. The molecule has 1 aliphatic rings. The summed E-state index contributed by atoms with van der Waals surface area (Å²) in [6.45, 7) is 5.74. The normalized spacial score (nSPS) is 15.2. The Hall–Kier alpha value is -3.94. The maximum absolute atomic E-state index is 13.7. The zero-order valence-corrected chi connectivity index (χ0v) is 23.3. The van der Waals surface area contributed by atoms with Crippen LogP contribution in [0.1, 0.15) is 43.5 Å². The van der Waals surface area contributed by atoms with Crippen LogP contribution in [0.5, 0.6) is 5.75 Å². The van der Waals surface area contributed by atoms with Crippen LogP contribution >= 0.6 is 22.9 Å². The molecule has 1 aromatic heterocycles. The summed E-state index contributed by atoms with van der Waals surface area (Å²) in [5, 5.41) is 0.661. The second kappa shape index (κ2) is 11.4. The lowest BCUT2D eigenvalue weighted by Crippen LogP contribution is -2.40. The fraction of sp³-hybridized carbons (Fsp3) is 0.194. The topological polar surface area (TPSA) is 69.9 Å². The standard InChI is InChI=1S/C31H27ClN2O4S/c1-19(2)38-30(36)27-20(3)33-31-34(28(27)22-9-5-4-6-10-22)29(35)26(39-31)17-21-13-15-24(16-14-21)37-18-23-11-7-8-12-25(23)32/h4-17,19,28H,18H2,1-3H3. The summed E-state index contributed by atoms with van der Waals surface area (Å²) in [5.74, 6) is 0.225. The van der Waals surface area contributed by atoms with Crippen LogP contribution in [0.25, 0.3) is 6.08 Å².